The average Bonchev–Trinajstić information content (AvgIpc) is 3.05. The van der Waals surface area contributed by atoms with Crippen LogP contribution in [0.4, 0.5) is 0 Å². The number of hydrogen-bond acceptors (Lipinski definition) is 6. The van der Waals surface area contributed by atoms with Crippen LogP contribution in [0.25, 0.3) is 0 Å². The second-order valence-electron chi connectivity index (χ2n) is 11.2. The normalized spacial score (nSPS) is 13.7. The molecule has 0 aromatic carbocycles. The number of carbonyl (C=O) groups is 2. The van der Waals surface area contributed by atoms with Crippen molar-refractivity contribution in [3.8, 4) is 0 Å². The number of phosphoric ester groups is 1. The van der Waals surface area contributed by atoms with Crippen LogP contribution in [0.2, 0.25) is 0 Å². The van der Waals surface area contributed by atoms with Crippen molar-refractivity contribution in [2.75, 3.05) is 13.2 Å². The molecule has 270 valence electrons. The molecule has 0 aliphatic rings. The highest BCUT2D eigenvalue weighted by molar-refractivity contribution is 7.46. The Labute approximate surface area is 290 Å². The highest BCUT2D eigenvalue weighted by atomic mass is 31.2. The molecule has 0 radical (unpaired) electrons. The zero-order valence-corrected chi connectivity index (χ0v) is 30.2. The first-order valence-electron chi connectivity index (χ1n) is 17.6. The third kappa shape index (κ3) is 35.8. The average molecular weight is 689 g/mol. The second kappa shape index (κ2) is 33.9. The lowest BCUT2D eigenvalue weighted by molar-refractivity contribution is -0.161. The van der Waals surface area contributed by atoms with Gasteiger partial charge < -0.3 is 19.3 Å². The number of phosphoric acid groups is 1. The first-order valence-corrected chi connectivity index (χ1v) is 19.1. The predicted molar refractivity (Wildman–Crippen MR) is 197 cm³/mol. The molecule has 1 unspecified atom stereocenters. The third-order valence-electron chi connectivity index (χ3n) is 6.71. The summed E-state index contributed by atoms with van der Waals surface area (Å²) in [4.78, 5) is 42.5. The Kier molecular flexibility index (Phi) is 31.7. The van der Waals surface area contributed by atoms with E-state index in [-0.39, 0.29) is 19.4 Å². The minimum atomic E-state index is -4.78. The van der Waals surface area contributed by atoms with Gasteiger partial charge in [-0.2, -0.15) is 0 Å². The molecule has 0 aliphatic carbocycles. The van der Waals surface area contributed by atoms with Crippen LogP contribution in [0, 0.1) is 0 Å². The van der Waals surface area contributed by atoms with Gasteiger partial charge in [-0.1, -0.05) is 143 Å². The van der Waals surface area contributed by atoms with Crippen molar-refractivity contribution < 1.29 is 37.9 Å². The van der Waals surface area contributed by atoms with Crippen LogP contribution >= 0.6 is 7.82 Å². The fourth-order valence-corrected chi connectivity index (χ4v) is 4.48. The first-order chi connectivity index (χ1) is 23.3. The molecule has 0 spiro atoms. The van der Waals surface area contributed by atoms with Crippen LogP contribution in [0.3, 0.4) is 0 Å². The summed E-state index contributed by atoms with van der Waals surface area (Å²) < 4.78 is 26.1. The van der Waals surface area contributed by atoms with Gasteiger partial charge in [0.25, 0.3) is 0 Å². The zero-order chi connectivity index (χ0) is 35.4. The Morgan fingerprint density at radius 1 is 0.583 bits per heavy atom. The molecule has 8 nitrogen and oxygen atoms in total. The van der Waals surface area contributed by atoms with Gasteiger partial charge in [0.05, 0.1) is 6.61 Å². The summed E-state index contributed by atoms with van der Waals surface area (Å²) in [5, 5.41) is 0. The lowest BCUT2D eigenvalue weighted by atomic mass is 10.1. The van der Waals surface area contributed by atoms with E-state index in [9.17, 15) is 14.2 Å². The van der Waals surface area contributed by atoms with Crippen LogP contribution in [0.15, 0.2) is 97.2 Å². The maximum absolute atomic E-state index is 12.3. The SMILES string of the molecule is CC/C=C/C=C/C=C/C=C/C=C/CCCC(=O)OC(COC(=O)CCC/C=C/C/C=C/C/C=C/CCCCCCCC)COP(=O)(O)O. The minimum Gasteiger partial charge on any atom is -0.462 e. The Morgan fingerprint density at radius 2 is 1.08 bits per heavy atom. The summed E-state index contributed by atoms with van der Waals surface area (Å²) in [6.07, 6.45) is 45.8. The number of hydrogen-bond donors (Lipinski definition) is 2. The number of rotatable bonds is 30. The summed E-state index contributed by atoms with van der Waals surface area (Å²) in [5.41, 5.74) is 0. The van der Waals surface area contributed by atoms with Crippen molar-refractivity contribution in [1.82, 2.24) is 0 Å². The lowest BCUT2D eigenvalue weighted by Crippen LogP contribution is -2.29. The summed E-state index contributed by atoms with van der Waals surface area (Å²) in [5.74, 6) is -1.05. The van der Waals surface area contributed by atoms with Crippen molar-refractivity contribution in [2.24, 2.45) is 0 Å². The molecule has 0 fully saturated rings. The number of carbonyl (C=O) groups excluding carboxylic acids is 2. The first kappa shape index (κ1) is 45.0. The minimum absolute atomic E-state index is 0.0991. The molecule has 0 bridgehead atoms. The van der Waals surface area contributed by atoms with Crippen molar-refractivity contribution >= 4 is 19.8 Å². The predicted octanol–water partition coefficient (Wildman–Crippen LogP) is 10.3. The number of ether oxygens (including phenoxy) is 2. The fraction of sp³-hybridized carbons (Fsp3) is 0.538. The fourth-order valence-electron chi connectivity index (χ4n) is 4.12. The maximum Gasteiger partial charge on any atom is 0.469 e. The Balaban J connectivity index is 4.22. The van der Waals surface area contributed by atoms with Crippen molar-refractivity contribution in [1.29, 1.82) is 0 Å². The molecule has 0 saturated heterocycles. The van der Waals surface area contributed by atoms with Crippen LogP contribution in [-0.2, 0) is 28.2 Å². The Morgan fingerprint density at radius 3 is 1.69 bits per heavy atom. The molecule has 1 atom stereocenters. The van der Waals surface area contributed by atoms with Gasteiger partial charge in [-0.05, 0) is 57.8 Å². The van der Waals surface area contributed by atoms with Gasteiger partial charge in [0.1, 0.15) is 6.61 Å². The number of unbranched alkanes of at least 4 members (excludes halogenated alkanes) is 8. The largest absolute Gasteiger partial charge is 0.469 e. The van der Waals surface area contributed by atoms with E-state index in [4.69, 9.17) is 19.3 Å². The molecule has 0 rings (SSSR count). The lowest BCUT2D eigenvalue weighted by Gasteiger charge is -2.18. The number of esters is 2. The topological polar surface area (TPSA) is 119 Å². The van der Waals surface area contributed by atoms with E-state index in [1.807, 2.05) is 60.8 Å². The van der Waals surface area contributed by atoms with Crippen LogP contribution in [0.1, 0.15) is 117 Å². The Bertz CT molecular complexity index is 1090. The van der Waals surface area contributed by atoms with E-state index in [1.165, 1.54) is 38.5 Å². The quantitative estimate of drug-likeness (QED) is 0.0252. The van der Waals surface area contributed by atoms with E-state index in [0.29, 0.717) is 19.3 Å². The highest BCUT2D eigenvalue weighted by Gasteiger charge is 2.22. The van der Waals surface area contributed by atoms with Gasteiger partial charge in [0.15, 0.2) is 6.10 Å². The maximum atomic E-state index is 12.3. The molecule has 9 heteroatoms. The van der Waals surface area contributed by atoms with Crippen molar-refractivity contribution in [2.45, 2.75) is 123 Å². The van der Waals surface area contributed by atoms with Crippen LogP contribution in [0.5, 0.6) is 0 Å². The molecule has 0 amide bonds. The molecule has 0 aliphatic heterocycles. The third-order valence-corrected chi connectivity index (χ3v) is 7.20. The van der Waals surface area contributed by atoms with Gasteiger partial charge >= 0.3 is 19.8 Å². The van der Waals surface area contributed by atoms with Gasteiger partial charge in [0, 0.05) is 12.8 Å². The molecule has 0 saturated carbocycles. The summed E-state index contributed by atoms with van der Waals surface area (Å²) in [6, 6.07) is 0. The molecule has 2 N–H and O–H groups in total. The van der Waals surface area contributed by atoms with E-state index >= 15 is 0 Å². The van der Waals surface area contributed by atoms with Gasteiger partial charge in [-0.25, -0.2) is 4.57 Å². The van der Waals surface area contributed by atoms with E-state index < -0.39 is 32.5 Å². The van der Waals surface area contributed by atoms with Crippen LogP contribution in [-0.4, -0.2) is 41.0 Å². The van der Waals surface area contributed by atoms with E-state index in [1.54, 1.807) is 0 Å². The van der Waals surface area contributed by atoms with Gasteiger partial charge in [-0.3, -0.25) is 14.1 Å². The highest BCUT2D eigenvalue weighted by Crippen LogP contribution is 2.35. The summed E-state index contributed by atoms with van der Waals surface area (Å²) >= 11 is 0. The molecular weight excluding hydrogens is 627 g/mol. The van der Waals surface area contributed by atoms with Gasteiger partial charge in [0.2, 0.25) is 0 Å². The number of allylic oxidation sites excluding steroid dienone is 16. The summed E-state index contributed by atoms with van der Waals surface area (Å²) in [6.45, 7) is 3.39. The van der Waals surface area contributed by atoms with Gasteiger partial charge in [-0.15, -0.1) is 0 Å². The molecule has 0 heterocycles. The monoisotopic (exact) mass is 688 g/mol. The summed E-state index contributed by atoms with van der Waals surface area (Å²) in [7, 11) is -4.78. The molecule has 0 aromatic heterocycles. The zero-order valence-electron chi connectivity index (χ0n) is 29.3. The smallest absolute Gasteiger partial charge is 0.462 e. The molecular formula is C39H61O8P. The Hall–Kier alpha value is -3.03. The molecule has 0 aromatic rings. The van der Waals surface area contributed by atoms with E-state index in [2.05, 4.69) is 54.8 Å². The van der Waals surface area contributed by atoms with Crippen molar-refractivity contribution in [3.05, 3.63) is 97.2 Å². The van der Waals surface area contributed by atoms with Crippen LogP contribution < -0.4 is 0 Å². The second-order valence-corrected chi connectivity index (χ2v) is 12.5. The molecule has 48 heavy (non-hydrogen) atoms. The van der Waals surface area contributed by atoms with E-state index in [0.717, 1.165) is 32.1 Å². The van der Waals surface area contributed by atoms with Crippen molar-refractivity contribution in [3.63, 3.8) is 0 Å². The standard InChI is InChI=1S/C39H61O8P/c1-3-5-7-9-11-13-15-17-18-19-20-22-23-25-27-29-31-33-38(40)45-35-37(36-46-48(42,43)44)47-39(41)34-32-30-28-26-24-21-16-14-12-10-8-6-4-2/h6,8,10,12,14,16-18,20-22,24-28,37H,3-5,7,9,11,13,15,19,23,29-36H2,1-2H3,(H2,42,43,44)/b8-6+,12-10+,16-14+,18-17+,22-20+,24-21+,27-25+,28-26+.